The number of anilines is 1. The van der Waals surface area contributed by atoms with Gasteiger partial charge in [-0.25, -0.2) is 9.67 Å². The first kappa shape index (κ1) is 11.6. The lowest BCUT2D eigenvalue weighted by Gasteiger charge is -2.00. The predicted octanol–water partition coefficient (Wildman–Crippen LogP) is 0.775. The molecule has 0 saturated heterocycles. The van der Waals surface area contributed by atoms with Gasteiger partial charge in [0.1, 0.15) is 6.33 Å². The third kappa shape index (κ3) is 3.06. The summed E-state index contributed by atoms with van der Waals surface area (Å²) in [6.07, 6.45) is 1.80. The van der Waals surface area contributed by atoms with Crippen molar-refractivity contribution >= 4 is 22.4 Å². The molecule has 0 aromatic carbocycles. The maximum absolute atomic E-state index is 11.6. The second kappa shape index (κ2) is 5.00. The zero-order valence-corrected chi connectivity index (χ0v) is 10.4. The van der Waals surface area contributed by atoms with Crippen LogP contribution in [0.3, 0.4) is 0 Å². The van der Waals surface area contributed by atoms with Gasteiger partial charge in [0.15, 0.2) is 5.13 Å². The van der Waals surface area contributed by atoms with E-state index in [-0.39, 0.29) is 5.91 Å². The number of carbonyl (C=O) groups is 1. The monoisotopic (exact) mass is 252 g/mol. The standard InChI is InChI=1S/C9H12N6OS/c1-6-7(2)17-9(11-6)12-8(16)3-4-15-5-10-13-14-15/h5H,3-4H2,1-2H3,(H,11,12,16). The second-order valence-electron chi connectivity index (χ2n) is 3.53. The minimum atomic E-state index is -0.0887. The first-order valence-electron chi connectivity index (χ1n) is 5.10. The Kier molecular flexibility index (Phi) is 3.43. The van der Waals surface area contributed by atoms with Crippen LogP contribution in [0, 0.1) is 13.8 Å². The summed E-state index contributed by atoms with van der Waals surface area (Å²) in [5.74, 6) is -0.0887. The highest BCUT2D eigenvalue weighted by Gasteiger charge is 2.08. The van der Waals surface area contributed by atoms with E-state index < -0.39 is 0 Å². The van der Waals surface area contributed by atoms with Crippen LogP contribution in [0.2, 0.25) is 0 Å². The molecule has 2 heterocycles. The number of hydrogen-bond acceptors (Lipinski definition) is 6. The van der Waals surface area contributed by atoms with Crippen molar-refractivity contribution < 1.29 is 4.79 Å². The fourth-order valence-electron chi connectivity index (χ4n) is 1.21. The normalized spacial score (nSPS) is 10.5. The smallest absolute Gasteiger partial charge is 0.228 e. The minimum absolute atomic E-state index is 0.0887. The van der Waals surface area contributed by atoms with Gasteiger partial charge in [-0.3, -0.25) is 4.79 Å². The van der Waals surface area contributed by atoms with Crippen molar-refractivity contribution in [1.82, 2.24) is 25.2 Å². The molecule has 7 nitrogen and oxygen atoms in total. The molecule has 8 heteroatoms. The molecule has 0 bridgehead atoms. The van der Waals surface area contributed by atoms with Gasteiger partial charge in [0, 0.05) is 11.3 Å². The Bertz CT molecular complexity index is 486. The number of aromatic nitrogens is 5. The highest BCUT2D eigenvalue weighted by Crippen LogP contribution is 2.20. The molecule has 0 aliphatic carbocycles. The number of thiazole rings is 1. The van der Waals surface area contributed by atoms with E-state index in [4.69, 9.17) is 0 Å². The average Bonchev–Trinajstić information content (AvgIpc) is 2.87. The third-order valence-electron chi connectivity index (χ3n) is 2.23. The number of rotatable bonds is 4. The van der Waals surface area contributed by atoms with Crippen molar-refractivity contribution in [2.75, 3.05) is 5.32 Å². The number of nitrogens with zero attached hydrogens (tertiary/aromatic N) is 5. The van der Waals surface area contributed by atoms with Crippen LogP contribution in [0.4, 0.5) is 5.13 Å². The van der Waals surface area contributed by atoms with Crippen LogP contribution in [-0.4, -0.2) is 31.1 Å². The number of hydrogen-bond donors (Lipinski definition) is 1. The molecular weight excluding hydrogens is 240 g/mol. The summed E-state index contributed by atoms with van der Waals surface area (Å²) < 4.78 is 1.51. The molecule has 2 aromatic heterocycles. The number of tetrazole rings is 1. The molecule has 0 fully saturated rings. The Hall–Kier alpha value is -1.83. The zero-order valence-electron chi connectivity index (χ0n) is 9.54. The summed E-state index contributed by atoms with van der Waals surface area (Å²) in [5, 5.41) is 14.0. The van der Waals surface area contributed by atoms with Crippen LogP contribution < -0.4 is 5.32 Å². The highest BCUT2D eigenvalue weighted by atomic mass is 32.1. The van der Waals surface area contributed by atoms with E-state index in [1.165, 1.54) is 22.3 Å². The summed E-state index contributed by atoms with van der Waals surface area (Å²) in [4.78, 5) is 16.9. The van der Waals surface area contributed by atoms with Crippen molar-refractivity contribution in [3.63, 3.8) is 0 Å². The largest absolute Gasteiger partial charge is 0.302 e. The molecule has 2 rings (SSSR count). The van der Waals surface area contributed by atoms with Crippen LogP contribution in [-0.2, 0) is 11.3 Å². The molecule has 0 unspecified atom stereocenters. The quantitative estimate of drug-likeness (QED) is 0.868. The molecule has 17 heavy (non-hydrogen) atoms. The molecule has 0 aliphatic rings. The molecule has 0 spiro atoms. The van der Waals surface area contributed by atoms with Crippen molar-refractivity contribution in [3.8, 4) is 0 Å². The second-order valence-corrected chi connectivity index (χ2v) is 4.73. The van der Waals surface area contributed by atoms with Gasteiger partial charge in [0.05, 0.1) is 12.2 Å². The fourth-order valence-corrected chi connectivity index (χ4v) is 2.04. The third-order valence-corrected chi connectivity index (χ3v) is 3.22. The predicted molar refractivity (Wildman–Crippen MR) is 62.7 cm³/mol. The van der Waals surface area contributed by atoms with Crippen LogP contribution in [0.5, 0.6) is 0 Å². The van der Waals surface area contributed by atoms with Crippen molar-refractivity contribution in [1.29, 1.82) is 0 Å². The van der Waals surface area contributed by atoms with E-state index in [1.807, 2.05) is 13.8 Å². The van der Waals surface area contributed by atoms with E-state index in [1.54, 1.807) is 0 Å². The molecule has 0 saturated carbocycles. The fraction of sp³-hybridized carbons (Fsp3) is 0.444. The first-order chi connectivity index (χ1) is 8.15. The van der Waals surface area contributed by atoms with Gasteiger partial charge in [0.2, 0.25) is 5.91 Å². The van der Waals surface area contributed by atoms with E-state index in [0.29, 0.717) is 18.1 Å². The van der Waals surface area contributed by atoms with Crippen molar-refractivity contribution in [2.24, 2.45) is 0 Å². The molecule has 0 radical (unpaired) electrons. The average molecular weight is 252 g/mol. The van der Waals surface area contributed by atoms with Gasteiger partial charge in [-0.05, 0) is 24.3 Å². The Morgan fingerprint density at radius 2 is 2.35 bits per heavy atom. The lowest BCUT2D eigenvalue weighted by molar-refractivity contribution is -0.116. The van der Waals surface area contributed by atoms with Gasteiger partial charge in [0.25, 0.3) is 0 Å². The van der Waals surface area contributed by atoms with Gasteiger partial charge in [-0.15, -0.1) is 16.4 Å². The first-order valence-corrected chi connectivity index (χ1v) is 5.91. The zero-order chi connectivity index (χ0) is 12.3. The summed E-state index contributed by atoms with van der Waals surface area (Å²) in [6, 6.07) is 0. The van der Waals surface area contributed by atoms with Gasteiger partial charge in [-0.2, -0.15) is 0 Å². The summed E-state index contributed by atoms with van der Waals surface area (Å²) in [6.45, 7) is 4.36. The SMILES string of the molecule is Cc1nc(NC(=O)CCn2cnnn2)sc1C. The van der Waals surface area contributed by atoms with Crippen LogP contribution >= 0.6 is 11.3 Å². The highest BCUT2D eigenvalue weighted by molar-refractivity contribution is 7.15. The molecule has 2 aromatic rings. The minimum Gasteiger partial charge on any atom is -0.302 e. The molecular formula is C9H12N6OS. The van der Waals surface area contributed by atoms with Gasteiger partial charge < -0.3 is 5.32 Å². The van der Waals surface area contributed by atoms with Crippen LogP contribution in [0.15, 0.2) is 6.33 Å². The van der Waals surface area contributed by atoms with Gasteiger partial charge in [-0.1, -0.05) is 0 Å². The summed E-state index contributed by atoms with van der Waals surface area (Å²) in [5.41, 5.74) is 0.950. The summed E-state index contributed by atoms with van der Waals surface area (Å²) in [7, 11) is 0. The maximum Gasteiger partial charge on any atom is 0.228 e. The topological polar surface area (TPSA) is 85.6 Å². The van der Waals surface area contributed by atoms with Crippen LogP contribution in [0.1, 0.15) is 17.0 Å². The van der Waals surface area contributed by atoms with Crippen molar-refractivity contribution in [2.45, 2.75) is 26.8 Å². The lowest BCUT2D eigenvalue weighted by Crippen LogP contribution is -2.14. The molecule has 0 atom stereocenters. The molecule has 90 valence electrons. The van der Waals surface area contributed by atoms with Gasteiger partial charge >= 0.3 is 0 Å². The van der Waals surface area contributed by atoms with Crippen LogP contribution in [0.25, 0.3) is 0 Å². The number of aryl methyl sites for hydroxylation is 3. The van der Waals surface area contributed by atoms with E-state index in [9.17, 15) is 4.79 Å². The van der Waals surface area contributed by atoms with E-state index in [0.717, 1.165) is 10.6 Å². The lowest BCUT2D eigenvalue weighted by atomic mass is 10.4. The number of carbonyl (C=O) groups excluding carboxylic acids is 1. The van der Waals surface area contributed by atoms with Crippen molar-refractivity contribution in [3.05, 3.63) is 16.9 Å². The van der Waals surface area contributed by atoms with E-state index >= 15 is 0 Å². The Balaban J connectivity index is 1.85. The Labute approximate surface area is 102 Å². The number of amides is 1. The molecule has 1 amide bonds. The van der Waals surface area contributed by atoms with E-state index in [2.05, 4.69) is 25.8 Å². The number of nitrogens with one attached hydrogen (secondary N) is 1. The maximum atomic E-state index is 11.6. The Morgan fingerprint density at radius 3 is 2.94 bits per heavy atom. The Morgan fingerprint density at radius 1 is 1.53 bits per heavy atom. The molecule has 1 N–H and O–H groups in total. The molecule has 0 aliphatic heterocycles. The summed E-state index contributed by atoms with van der Waals surface area (Å²) >= 11 is 1.48.